The number of para-hydroxylation sites is 1. The van der Waals surface area contributed by atoms with E-state index in [4.69, 9.17) is 9.47 Å². The van der Waals surface area contributed by atoms with Crippen molar-refractivity contribution in [2.75, 3.05) is 25.7 Å². The van der Waals surface area contributed by atoms with Gasteiger partial charge >= 0.3 is 5.97 Å². The SMILES string of the molecule is COc1cn(-c2ccccc2)nc1C(=O)O[C@H](C)C(=O)N(C)[C@@H]1CCS(=O)(=O)C1. The predicted octanol–water partition coefficient (Wildman–Crippen LogP) is 1.07. The number of benzene rings is 1. The number of hydrogen-bond acceptors (Lipinski definition) is 7. The van der Waals surface area contributed by atoms with Crippen LogP contribution >= 0.6 is 0 Å². The summed E-state index contributed by atoms with van der Waals surface area (Å²) >= 11 is 0. The number of nitrogens with zero attached hydrogens (tertiary/aromatic N) is 3. The number of likely N-dealkylation sites (N-methyl/N-ethyl adjacent to an activating group) is 1. The van der Waals surface area contributed by atoms with E-state index in [1.165, 1.54) is 30.7 Å². The van der Waals surface area contributed by atoms with Crippen LogP contribution in [0.15, 0.2) is 36.5 Å². The molecule has 0 radical (unpaired) electrons. The molecule has 0 aliphatic carbocycles. The third-order valence-corrected chi connectivity index (χ3v) is 6.60. The molecule has 0 saturated carbocycles. The van der Waals surface area contributed by atoms with E-state index >= 15 is 0 Å². The lowest BCUT2D eigenvalue weighted by Gasteiger charge is -2.26. The van der Waals surface area contributed by atoms with Gasteiger partial charge in [0.25, 0.3) is 5.91 Å². The molecule has 1 aromatic heterocycles. The van der Waals surface area contributed by atoms with E-state index in [-0.39, 0.29) is 22.9 Å². The number of carbonyl (C=O) groups excluding carboxylic acids is 2. The van der Waals surface area contributed by atoms with Crippen molar-refractivity contribution in [2.24, 2.45) is 0 Å². The van der Waals surface area contributed by atoms with Crippen LogP contribution in [0, 0.1) is 0 Å². The lowest BCUT2D eigenvalue weighted by atomic mass is 10.2. The van der Waals surface area contributed by atoms with Gasteiger partial charge in [-0.15, -0.1) is 0 Å². The molecule has 9 nitrogen and oxygen atoms in total. The Balaban J connectivity index is 1.71. The summed E-state index contributed by atoms with van der Waals surface area (Å²) in [5, 5.41) is 4.22. The minimum Gasteiger partial charge on any atom is -0.493 e. The van der Waals surface area contributed by atoms with Crippen molar-refractivity contribution in [3.05, 3.63) is 42.2 Å². The largest absolute Gasteiger partial charge is 0.493 e. The lowest BCUT2D eigenvalue weighted by Crippen LogP contribution is -2.44. The molecule has 1 amide bonds. The number of aromatic nitrogens is 2. The van der Waals surface area contributed by atoms with Crippen LogP contribution in [0.3, 0.4) is 0 Å². The Bertz CT molecular complexity index is 1000. The molecule has 1 aromatic carbocycles. The second-order valence-corrected chi connectivity index (χ2v) is 9.11. The van der Waals surface area contributed by atoms with Gasteiger partial charge < -0.3 is 14.4 Å². The molecule has 0 bridgehead atoms. The number of carbonyl (C=O) groups is 2. The summed E-state index contributed by atoms with van der Waals surface area (Å²) in [4.78, 5) is 26.5. The van der Waals surface area contributed by atoms with Gasteiger partial charge in [-0.25, -0.2) is 17.9 Å². The Morgan fingerprint density at radius 1 is 1.28 bits per heavy atom. The standard InChI is InChI=1S/C19H23N3O6S/c1-13(18(23)21(2)15-9-10-29(25,26)12-15)28-19(24)17-16(27-3)11-22(20-17)14-7-5-4-6-8-14/h4-8,11,13,15H,9-10,12H2,1-3H3/t13-,15-/m1/s1. The monoisotopic (exact) mass is 421 g/mol. The van der Waals surface area contributed by atoms with Gasteiger partial charge in [-0.05, 0) is 25.5 Å². The number of rotatable bonds is 6. The van der Waals surface area contributed by atoms with Crippen LogP contribution in [0.2, 0.25) is 0 Å². The molecule has 1 fully saturated rings. The first-order valence-corrected chi connectivity index (χ1v) is 10.9. The van der Waals surface area contributed by atoms with Gasteiger partial charge in [0.15, 0.2) is 21.7 Å². The van der Waals surface area contributed by atoms with Crippen molar-refractivity contribution in [1.29, 1.82) is 0 Å². The van der Waals surface area contributed by atoms with Gasteiger partial charge in [0.2, 0.25) is 5.69 Å². The first kappa shape index (κ1) is 20.8. The van der Waals surface area contributed by atoms with E-state index in [0.717, 1.165) is 5.69 Å². The lowest BCUT2D eigenvalue weighted by molar-refractivity contribution is -0.140. The number of ether oxygens (including phenoxy) is 2. The molecule has 0 unspecified atom stereocenters. The maximum atomic E-state index is 12.6. The minimum atomic E-state index is -3.13. The fraction of sp³-hybridized carbons (Fsp3) is 0.421. The Morgan fingerprint density at radius 3 is 2.55 bits per heavy atom. The van der Waals surface area contributed by atoms with Crippen LogP contribution in [-0.4, -0.2) is 72.8 Å². The van der Waals surface area contributed by atoms with Crippen LogP contribution < -0.4 is 4.74 Å². The third-order valence-electron chi connectivity index (χ3n) is 4.85. The van der Waals surface area contributed by atoms with E-state index in [1.54, 1.807) is 6.20 Å². The predicted molar refractivity (Wildman–Crippen MR) is 105 cm³/mol. The number of sulfone groups is 1. The Kier molecular flexibility index (Phi) is 5.92. The van der Waals surface area contributed by atoms with Crippen molar-refractivity contribution in [1.82, 2.24) is 14.7 Å². The van der Waals surface area contributed by atoms with Crippen LogP contribution in [-0.2, 0) is 19.4 Å². The molecule has 3 rings (SSSR count). The van der Waals surface area contributed by atoms with Crippen molar-refractivity contribution in [3.63, 3.8) is 0 Å². The van der Waals surface area contributed by atoms with Crippen LogP contribution in [0.4, 0.5) is 0 Å². The summed E-state index contributed by atoms with van der Waals surface area (Å²) in [6, 6.07) is 8.75. The summed E-state index contributed by atoms with van der Waals surface area (Å²) in [6.45, 7) is 1.45. The van der Waals surface area contributed by atoms with E-state index in [9.17, 15) is 18.0 Å². The average Bonchev–Trinajstić information content (AvgIpc) is 3.30. The van der Waals surface area contributed by atoms with Crippen molar-refractivity contribution in [2.45, 2.75) is 25.5 Å². The second kappa shape index (κ2) is 8.24. The molecule has 0 spiro atoms. The number of esters is 1. The van der Waals surface area contributed by atoms with E-state index < -0.39 is 33.9 Å². The zero-order chi connectivity index (χ0) is 21.2. The Hall–Kier alpha value is -2.88. The van der Waals surface area contributed by atoms with Crippen LogP contribution in [0.1, 0.15) is 23.8 Å². The zero-order valence-corrected chi connectivity index (χ0v) is 17.3. The fourth-order valence-electron chi connectivity index (χ4n) is 3.18. The van der Waals surface area contributed by atoms with Crippen LogP contribution in [0.25, 0.3) is 5.69 Å². The highest BCUT2D eigenvalue weighted by molar-refractivity contribution is 7.91. The van der Waals surface area contributed by atoms with E-state index in [0.29, 0.717) is 6.42 Å². The summed E-state index contributed by atoms with van der Waals surface area (Å²) < 4.78 is 35.3. The summed E-state index contributed by atoms with van der Waals surface area (Å²) in [5.41, 5.74) is 0.679. The van der Waals surface area contributed by atoms with Crippen molar-refractivity contribution >= 4 is 21.7 Å². The van der Waals surface area contributed by atoms with Gasteiger partial charge in [-0.2, -0.15) is 5.10 Å². The molecule has 1 saturated heterocycles. The summed E-state index contributed by atoms with van der Waals surface area (Å²) in [5.74, 6) is -1.08. The molecule has 2 atom stereocenters. The zero-order valence-electron chi connectivity index (χ0n) is 16.4. The molecular formula is C19H23N3O6S. The van der Waals surface area contributed by atoms with Gasteiger partial charge in [-0.3, -0.25) is 4.79 Å². The second-order valence-electron chi connectivity index (χ2n) is 6.88. The highest BCUT2D eigenvalue weighted by atomic mass is 32.2. The van der Waals surface area contributed by atoms with Crippen molar-refractivity contribution < 1.29 is 27.5 Å². The minimum absolute atomic E-state index is 0.0532. The number of hydrogen-bond donors (Lipinski definition) is 0. The van der Waals surface area contributed by atoms with E-state index in [1.807, 2.05) is 30.3 Å². The molecule has 1 aliphatic rings. The molecule has 156 valence electrons. The number of methoxy groups -OCH3 is 1. The Labute approximate surface area is 169 Å². The summed E-state index contributed by atoms with van der Waals surface area (Å²) in [6.07, 6.45) is 0.830. The molecule has 1 aliphatic heterocycles. The fourth-order valence-corrected chi connectivity index (χ4v) is 4.95. The van der Waals surface area contributed by atoms with E-state index in [2.05, 4.69) is 5.10 Å². The van der Waals surface area contributed by atoms with Crippen molar-refractivity contribution in [3.8, 4) is 11.4 Å². The highest BCUT2D eigenvalue weighted by Gasteiger charge is 2.35. The topological polar surface area (TPSA) is 108 Å². The molecule has 2 aromatic rings. The first-order valence-electron chi connectivity index (χ1n) is 9.09. The molecule has 29 heavy (non-hydrogen) atoms. The molecule has 0 N–H and O–H groups in total. The van der Waals surface area contributed by atoms with Gasteiger partial charge in [-0.1, -0.05) is 18.2 Å². The van der Waals surface area contributed by atoms with Crippen LogP contribution in [0.5, 0.6) is 5.75 Å². The third kappa shape index (κ3) is 4.58. The quantitative estimate of drug-likeness (QED) is 0.642. The average molecular weight is 421 g/mol. The smallest absolute Gasteiger partial charge is 0.363 e. The highest BCUT2D eigenvalue weighted by Crippen LogP contribution is 2.22. The Morgan fingerprint density at radius 2 is 1.97 bits per heavy atom. The first-order chi connectivity index (χ1) is 13.7. The molecule has 2 heterocycles. The maximum absolute atomic E-state index is 12.6. The van der Waals surface area contributed by atoms with Gasteiger partial charge in [0.1, 0.15) is 0 Å². The molecular weight excluding hydrogens is 398 g/mol. The molecule has 10 heteroatoms. The van der Waals surface area contributed by atoms with Gasteiger partial charge in [0, 0.05) is 13.1 Å². The summed E-state index contributed by atoms with van der Waals surface area (Å²) in [7, 11) is -0.204. The maximum Gasteiger partial charge on any atom is 0.363 e. The number of amides is 1. The normalized spacial score (nSPS) is 18.8. The van der Waals surface area contributed by atoms with Gasteiger partial charge in [0.05, 0.1) is 30.5 Å².